The van der Waals surface area contributed by atoms with Gasteiger partial charge in [0.2, 0.25) is 10.0 Å². The lowest BCUT2D eigenvalue weighted by Gasteiger charge is -2.16. The summed E-state index contributed by atoms with van der Waals surface area (Å²) in [5.74, 6) is 0.997. The van der Waals surface area contributed by atoms with Gasteiger partial charge in [0.1, 0.15) is 0 Å². The predicted octanol–water partition coefficient (Wildman–Crippen LogP) is 2.00. The molecule has 1 saturated carbocycles. The fourth-order valence-corrected chi connectivity index (χ4v) is 3.41. The number of hydrogen-bond acceptors (Lipinski definition) is 3. The highest BCUT2D eigenvalue weighted by Gasteiger charge is 2.17. The molecule has 0 aromatic rings. The first-order valence-corrected chi connectivity index (χ1v) is 8.96. The molecule has 2 unspecified atom stereocenters. The predicted molar refractivity (Wildman–Crippen MR) is 75.9 cm³/mol. The van der Waals surface area contributed by atoms with Crippen LogP contribution < -0.4 is 10.5 Å². The van der Waals surface area contributed by atoms with Gasteiger partial charge in [-0.05, 0) is 38.1 Å². The highest BCUT2D eigenvalue weighted by Crippen LogP contribution is 2.26. The maximum atomic E-state index is 10.8. The Morgan fingerprint density at radius 1 is 1.22 bits per heavy atom. The smallest absolute Gasteiger partial charge is 0.209 e. The van der Waals surface area contributed by atoms with Crippen LogP contribution in [0.3, 0.4) is 0 Å². The summed E-state index contributed by atoms with van der Waals surface area (Å²) in [7, 11) is -3.29. The van der Waals surface area contributed by atoms with E-state index < -0.39 is 10.0 Å². The SMILES string of the molecule is CCCC1CCCC(NCCCS(N)(=O)=O)CC1. The summed E-state index contributed by atoms with van der Waals surface area (Å²) in [6, 6.07) is 0.576. The molecule has 0 aromatic carbocycles. The molecule has 3 N–H and O–H groups in total. The zero-order valence-corrected chi connectivity index (χ0v) is 12.3. The van der Waals surface area contributed by atoms with Crippen LogP contribution in [0.15, 0.2) is 0 Å². The van der Waals surface area contributed by atoms with Crippen LogP contribution in [0.4, 0.5) is 0 Å². The van der Waals surface area contributed by atoms with Crippen molar-refractivity contribution in [3.8, 4) is 0 Å². The van der Waals surface area contributed by atoms with Crippen LogP contribution in [0, 0.1) is 5.92 Å². The maximum Gasteiger partial charge on any atom is 0.209 e. The van der Waals surface area contributed by atoms with Crippen molar-refractivity contribution < 1.29 is 8.42 Å². The van der Waals surface area contributed by atoms with Crippen molar-refractivity contribution >= 4 is 10.0 Å². The molecule has 108 valence electrons. The van der Waals surface area contributed by atoms with Crippen LogP contribution in [-0.2, 0) is 10.0 Å². The largest absolute Gasteiger partial charge is 0.314 e. The monoisotopic (exact) mass is 276 g/mol. The molecule has 0 aromatic heterocycles. The van der Waals surface area contributed by atoms with Gasteiger partial charge < -0.3 is 5.32 Å². The molecule has 1 rings (SSSR count). The highest BCUT2D eigenvalue weighted by atomic mass is 32.2. The van der Waals surface area contributed by atoms with Gasteiger partial charge >= 0.3 is 0 Å². The van der Waals surface area contributed by atoms with E-state index in [2.05, 4.69) is 12.2 Å². The van der Waals surface area contributed by atoms with E-state index in [1.807, 2.05) is 0 Å². The molecular weight excluding hydrogens is 248 g/mol. The fraction of sp³-hybridized carbons (Fsp3) is 1.00. The van der Waals surface area contributed by atoms with E-state index in [-0.39, 0.29) is 5.75 Å². The zero-order chi connectivity index (χ0) is 13.4. The van der Waals surface area contributed by atoms with E-state index in [0.29, 0.717) is 12.5 Å². The van der Waals surface area contributed by atoms with E-state index in [1.54, 1.807) is 0 Å². The van der Waals surface area contributed by atoms with Gasteiger partial charge in [0.25, 0.3) is 0 Å². The van der Waals surface area contributed by atoms with Crippen LogP contribution in [0.1, 0.15) is 58.3 Å². The van der Waals surface area contributed by atoms with Crippen LogP contribution in [0.5, 0.6) is 0 Å². The first-order valence-electron chi connectivity index (χ1n) is 7.25. The minimum atomic E-state index is -3.29. The molecule has 1 aliphatic carbocycles. The van der Waals surface area contributed by atoms with Crippen molar-refractivity contribution in [1.82, 2.24) is 5.32 Å². The number of nitrogens with one attached hydrogen (secondary N) is 1. The van der Waals surface area contributed by atoms with Crippen LogP contribution in [0.25, 0.3) is 0 Å². The lowest BCUT2D eigenvalue weighted by molar-refractivity contribution is 0.410. The van der Waals surface area contributed by atoms with Crippen LogP contribution >= 0.6 is 0 Å². The molecule has 2 atom stereocenters. The average molecular weight is 276 g/mol. The molecule has 1 fully saturated rings. The van der Waals surface area contributed by atoms with Gasteiger partial charge in [0.05, 0.1) is 5.75 Å². The third-order valence-electron chi connectivity index (χ3n) is 3.82. The minimum absolute atomic E-state index is 0.0885. The van der Waals surface area contributed by atoms with Gasteiger partial charge in [-0.25, -0.2) is 13.6 Å². The van der Waals surface area contributed by atoms with Crippen molar-refractivity contribution in [2.75, 3.05) is 12.3 Å². The number of hydrogen-bond donors (Lipinski definition) is 2. The van der Waals surface area contributed by atoms with E-state index in [4.69, 9.17) is 5.14 Å². The average Bonchev–Trinajstić information content (AvgIpc) is 2.50. The highest BCUT2D eigenvalue weighted by molar-refractivity contribution is 7.89. The summed E-state index contributed by atoms with van der Waals surface area (Å²) in [5.41, 5.74) is 0. The van der Waals surface area contributed by atoms with Crippen LogP contribution in [0.2, 0.25) is 0 Å². The number of primary sulfonamides is 1. The number of rotatable bonds is 7. The van der Waals surface area contributed by atoms with Gasteiger partial charge in [-0.15, -0.1) is 0 Å². The Kier molecular flexibility index (Phi) is 7.19. The lowest BCUT2D eigenvalue weighted by Crippen LogP contribution is -2.31. The first kappa shape index (κ1) is 15.9. The fourth-order valence-electron chi connectivity index (χ4n) is 2.86. The van der Waals surface area contributed by atoms with Crippen molar-refractivity contribution in [2.45, 2.75) is 64.3 Å². The van der Waals surface area contributed by atoms with E-state index in [9.17, 15) is 8.42 Å². The van der Waals surface area contributed by atoms with Gasteiger partial charge in [-0.3, -0.25) is 0 Å². The van der Waals surface area contributed by atoms with Crippen LogP contribution in [-0.4, -0.2) is 26.8 Å². The molecule has 5 heteroatoms. The zero-order valence-electron chi connectivity index (χ0n) is 11.5. The molecular formula is C13H28N2O2S. The molecule has 18 heavy (non-hydrogen) atoms. The third-order valence-corrected chi connectivity index (χ3v) is 4.68. The Morgan fingerprint density at radius 2 is 2.00 bits per heavy atom. The molecule has 0 spiro atoms. The molecule has 0 bridgehead atoms. The Balaban J connectivity index is 2.15. The lowest BCUT2D eigenvalue weighted by atomic mass is 9.95. The standard InChI is InChI=1S/C13H28N2O2S/c1-2-5-12-6-3-7-13(9-8-12)15-10-4-11-18(14,16)17/h12-13,15H,2-11H2,1H3,(H2,14,16,17). The van der Waals surface area contributed by atoms with Gasteiger partial charge in [-0.2, -0.15) is 0 Å². The van der Waals surface area contributed by atoms with Crippen molar-refractivity contribution in [3.05, 3.63) is 0 Å². The van der Waals surface area contributed by atoms with Gasteiger partial charge in [0, 0.05) is 6.04 Å². The molecule has 4 nitrogen and oxygen atoms in total. The topological polar surface area (TPSA) is 72.2 Å². The summed E-state index contributed by atoms with van der Waals surface area (Å²) < 4.78 is 21.6. The normalized spacial score (nSPS) is 25.9. The second-order valence-electron chi connectivity index (χ2n) is 5.53. The van der Waals surface area contributed by atoms with Crippen molar-refractivity contribution in [3.63, 3.8) is 0 Å². The molecule has 0 heterocycles. The van der Waals surface area contributed by atoms with E-state index in [1.165, 1.54) is 44.9 Å². The molecule has 0 radical (unpaired) electrons. The summed E-state index contributed by atoms with van der Waals surface area (Å²) in [5, 5.41) is 8.45. The molecule has 0 aliphatic heterocycles. The second-order valence-corrected chi connectivity index (χ2v) is 7.27. The van der Waals surface area contributed by atoms with Gasteiger partial charge in [0.15, 0.2) is 0 Å². The Morgan fingerprint density at radius 3 is 2.67 bits per heavy atom. The Hall–Kier alpha value is -0.130. The maximum absolute atomic E-state index is 10.8. The van der Waals surface area contributed by atoms with E-state index in [0.717, 1.165) is 12.5 Å². The summed E-state index contributed by atoms with van der Waals surface area (Å²) >= 11 is 0. The summed E-state index contributed by atoms with van der Waals surface area (Å²) in [6.07, 6.45) is 9.72. The van der Waals surface area contributed by atoms with Crippen molar-refractivity contribution in [1.29, 1.82) is 0 Å². The van der Waals surface area contributed by atoms with Crippen molar-refractivity contribution in [2.24, 2.45) is 11.1 Å². The summed E-state index contributed by atoms with van der Waals surface area (Å²) in [6.45, 7) is 3.02. The third kappa shape index (κ3) is 7.34. The molecule has 0 amide bonds. The van der Waals surface area contributed by atoms with Gasteiger partial charge in [-0.1, -0.05) is 32.6 Å². The minimum Gasteiger partial charge on any atom is -0.314 e. The second kappa shape index (κ2) is 8.12. The molecule has 1 aliphatic rings. The molecule has 0 saturated heterocycles. The number of sulfonamides is 1. The Bertz CT molecular complexity index is 317. The first-order chi connectivity index (χ1) is 8.51. The number of nitrogens with two attached hydrogens (primary N) is 1. The summed E-state index contributed by atoms with van der Waals surface area (Å²) in [4.78, 5) is 0. The Labute approximate surface area is 112 Å². The quantitative estimate of drug-likeness (QED) is 0.552. The van der Waals surface area contributed by atoms with E-state index >= 15 is 0 Å².